The highest BCUT2D eigenvalue weighted by atomic mass is 16.5. The molecular weight excluding hydrogens is 276 g/mol. The maximum absolute atomic E-state index is 12.0. The lowest BCUT2D eigenvalue weighted by Crippen LogP contribution is -2.42. The van der Waals surface area contributed by atoms with Crippen molar-refractivity contribution in [3.05, 3.63) is 50.0 Å². The Morgan fingerprint density at radius 1 is 1.33 bits per heavy atom. The van der Waals surface area contributed by atoms with E-state index in [-0.39, 0.29) is 30.1 Å². The van der Waals surface area contributed by atoms with Crippen LogP contribution < -0.4 is 16.2 Å². The molecule has 0 aliphatic carbocycles. The molecule has 1 aliphatic rings. The molecule has 108 valence electrons. The number of H-pyrrole nitrogens is 1. The van der Waals surface area contributed by atoms with Gasteiger partial charge in [0, 0.05) is 24.6 Å². The lowest BCUT2D eigenvalue weighted by molar-refractivity contribution is -0.138. The number of anilines is 1. The Morgan fingerprint density at radius 3 is 2.76 bits per heavy atom. The number of rotatable bonds is 5. The maximum atomic E-state index is 12.0. The zero-order valence-corrected chi connectivity index (χ0v) is 11.0. The Balaban J connectivity index is 1.79. The quantitative estimate of drug-likeness (QED) is 0.447. The van der Waals surface area contributed by atoms with E-state index < -0.39 is 22.9 Å². The van der Waals surface area contributed by atoms with E-state index in [2.05, 4.69) is 10.3 Å². The lowest BCUT2D eigenvalue weighted by Gasteiger charge is -2.15. The van der Waals surface area contributed by atoms with Gasteiger partial charge in [0.1, 0.15) is 6.04 Å². The first-order chi connectivity index (χ1) is 10.1. The smallest absolute Gasteiger partial charge is 0.328 e. The van der Waals surface area contributed by atoms with Crippen LogP contribution in [-0.4, -0.2) is 29.4 Å². The predicted octanol–water partition coefficient (Wildman–Crippen LogP) is -0.237. The summed E-state index contributed by atoms with van der Waals surface area (Å²) < 4.78 is 4.78. The Bertz CT molecular complexity index is 768. The lowest BCUT2D eigenvalue weighted by atomic mass is 9.99. The average molecular weight is 288 g/mol. The van der Waals surface area contributed by atoms with Crippen LogP contribution in [0.2, 0.25) is 0 Å². The Labute approximate surface area is 118 Å². The van der Waals surface area contributed by atoms with Gasteiger partial charge in [0.05, 0.1) is 18.0 Å². The van der Waals surface area contributed by atoms with Crippen molar-refractivity contribution in [1.29, 1.82) is 0 Å². The molecule has 7 nitrogen and oxygen atoms in total. The number of carbonyl (C=O) groups is 2. The summed E-state index contributed by atoms with van der Waals surface area (Å²) in [5.74, 6) is -0.742. The predicted molar refractivity (Wildman–Crippen MR) is 73.2 cm³/mol. The molecule has 3 rings (SSSR count). The average Bonchev–Trinajstić information content (AvgIpc) is 3.14. The molecule has 21 heavy (non-hydrogen) atoms. The summed E-state index contributed by atoms with van der Waals surface area (Å²) in [6.07, 6.45) is 1.86. The topological polar surface area (TPSA) is 105 Å². The molecule has 1 aliphatic heterocycles. The van der Waals surface area contributed by atoms with Crippen LogP contribution in [0.15, 0.2) is 27.9 Å². The molecule has 1 unspecified atom stereocenters. The normalized spacial score (nSPS) is 17.9. The molecule has 0 bridgehead atoms. The number of nitrogens with one attached hydrogen (secondary N) is 2. The van der Waals surface area contributed by atoms with Crippen LogP contribution in [0.25, 0.3) is 0 Å². The van der Waals surface area contributed by atoms with Crippen molar-refractivity contribution in [3.8, 4) is 0 Å². The van der Waals surface area contributed by atoms with E-state index >= 15 is 0 Å². The molecule has 1 saturated heterocycles. The number of carbonyl (C=O) groups excluding carboxylic acids is 2. The SMILES string of the molecule is O=C(Cc1c(NC2CCOC2=O)c(=O)c1=O)c1ccc[nH]1. The molecule has 1 aromatic carbocycles. The molecular formula is C14H12N2O5. The van der Waals surface area contributed by atoms with Crippen LogP contribution in [-0.2, 0) is 16.0 Å². The van der Waals surface area contributed by atoms with E-state index in [1.165, 1.54) is 0 Å². The van der Waals surface area contributed by atoms with Crippen molar-refractivity contribution in [2.75, 3.05) is 11.9 Å². The monoisotopic (exact) mass is 288 g/mol. The van der Waals surface area contributed by atoms with Crippen LogP contribution >= 0.6 is 0 Å². The third kappa shape index (κ3) is 2.26. The molecule has 0 spiro atoms. The largest absolute Gasteiger partial charge is 0.464 e. The Morgan fingerprint density at radius 2 is 2.14 bits per heavy atom. The first-order valence-electron chi connectivity index (χ1n) is 6.50. The van der Waals surface area contributed by atoms with Gasteiger partial charge in [0.25, 0.3) is 0 Å². The molecule has 1 aromatic heterocycles. The molecule has 0 radical (unpaired) electrons. The summed E-state index contributed by atoms with van der Waals surface area (Å²) in [6, 6.07) is 2.63. The molecule has 1 fully saturated rings. The van der Waals surface area contributed by atoms with Crippen LogP contribution in [0.5, 0.6) is 0 Å². The highest BCUT2D eigenvalue weighted by Crippen LogP contribution is 2.16. The van der Waals surface area contributed by atoms with Gasteiger partial charge >= 0.3 is 5.97 Å². The second-order valence-corrected chi connectivity index (χ2v) is 4.85. The first-order valence-corrected chi connectivity index (χ1v) is 6.50. The van der Waals surface area contributed by atoms with Crippen LogP contribution in [0.3, 0.4) is 0 Å². The van der Waals surface area contributed by atoms with Crippen molar-refractivity contribution in [2.24, 2.45) is 0 Å². The second kappa shape index (κ2) is 5.01. The van der Waals surface area contributed by atoms with Gasteiger partial charge in [-0.15, -0.1) is 0 Å². The van der Waals surface area contributed by atoms with Crippen LogP contribution in [0, 0.1) is 0 Å². The highest BCUT2D eigenvalue weighted by molar-refractivity contribution is 5.97. The molecule has 7 heteroatoms. The summed E-state index contributed by atoms with van der Waals surface area (Å²) >= 11 is 0. The standard InChI is InChI=1S/C14H12N2O5/c17-10(8-2-1-4-15-8)6-7-11(13(19)12(7)18)16-9-3-5-21-14(9)20/h1-2,4,9,15-16H,3,5-6H2. The number of hydrogen-bond acceptors (Lipinski definition) is 6. The Hall–Kier alpha value is -2.70. The van der Waals surface area contributed by atoms with Gasteiger partial charge in [-0.05, 0) is 12.1 Å². The molecule has 2 N–H and O–H groups in total. The van der Waals surface area contributed by atoms with Gasteiger partial charge in [0.15, 0.2) is 5.78 Å². The van der Waals surface area contributed by atoms with Crippen molar-refractivity contribution < 1.29 is 14.3 Å². The summed E-state index contributed by atoms with van der Waals surface area (Å²) in [5.41, 5.74) is -0.815. The Kier molecular flexibility index (Phi) is 3.17. The van der Waals surface area contributed by atoms with E-state index in [1.54, 1.807) is 18.3 Å². The minimum atomic E-state index is -0.691. The fourth-order valence-electron chi connectivity index (χ4n) is 2.32. The van der Waals surface area contributed by atoms with Gasteiger partial charge in [-0.1, -0.05) is 0 Å². The zero-order valence-electron chi connectivity index (χ0n) is 11.0. The molecule has 0 amide bonds. The summed E-state index contributed by atoms with van der Waals surface area (Å²) in [4.78, 5) is 49.3. The molecule has 1 atom stereocenters. The van der Waals surface area contributed by atoms with Gasteiger partial charge < -0.3 is 15.0 Å². The van der Waals surface area contributed by atoms with Crippen molar-refractivity contribution in [2.45, 2.75) is 18.9 Å². The first kappa shape index (κ1) is 13.3. The van der Waals surface area contributed by atoms with Crippen molar-refractivity contribution in [3.63, 3.8) is 0 Å². The van der Waals surface area contributed by atoms with Crippen molar-refractivity contribution in [1.82, 2.24) is 4.98 Å². The molecule has 0 saturated carbocycles. The second-order valence-electron chi connectivity index (χ2n) is 4.85. The number of aromatic amines is 1. The number of aromatic nitrogens is 1. The third-order valence-corrected chi connectivity index (χ3v) is 3.50. The minimum absolute atomic E-state index is 0.0590. The maximum Gasteiger partial charge on any atom is 0.328 e. The van der Waals surface area contributed by atoms with E-state index in [1.807, 2.05) is 0 Å². The van der Waals surface area contributed by atoms with E-state index in [0.29, 0.717) is 12.1 Å². The summed E-state index contributed by atoms with van der Waals surface area (Å²) in [7, 11) is 0. The van der Waals surface area contributed by atoms with E-state index in [0.717, 1.165) is 0 Å². The zero-order chi connectivity index (χ0) is 15.0. The number of ketones is 1. The minimum Gasteiger partial charge on any atom is -0.464 e. The van der Waals surface area contributed by atoms with Crippen LogP contribution in [0.4, 0.5) is 5.69 Å². The van der Waals surface area contributed by atoms with Gasteiger partial charge in [0.2, 0.25) is 10.9 Å². The third-order valence-electron chi connectivity index (χ3n) is 3.50. The van der Waals surface area contributed by atoms with Gasteiger partial charge in [-0.3, -0.25) is 14.4 Å². The molecule has 2 aromatic rings. The number of cyclic esters (lactones) is 1. The van der Waals surface area contributed by atoms with Crippen LogP contribution in [0.1, 0.15) is 22.5 Å². The van der Waals surface area contributed by atoms with E-state index in [4.69, 9.17) is 4.74 Å². The van der Waals surface area contributed by atoms with E-state index in [9.17, 15) is 19.2 Å². The van der Waals surface area contributed by atoms with Gasteiger partial charge in [-0.25, -0.2) is 4.79 Å². The highest BCUT2D eigenvalue weighted by Gasteiger charge is 2.31. The summed E-state index contributed by atoms with van der Waals surface area (Å²) in [6.45, 7) is 0.280. The number of esters is 1. The number of hydrogen-bond donors (Lipinski definition) is 2. The molecule has 2 heterocycles. The summed E-state index contributed by atoms with van der Waals surface area (Å²) in [5, 5.41) is 2.72. The van der Waals surface area contributed by atoms with Crippen molar-refractivity contribution >= 4 is 17.4 Å². The fourth-order valence-corrected chi connectivity index (χ4v) is 2.32. The fraction of sp³-hybridized carbons (Fsp3) is 0.286. The number of ether oxygens (including phenoxy) is 1. The van der Waals surface area contributed by atoms with Gasteiger partial charge in [-0.2, -0.15) is 0 Å². The number of Topliss-reactive ketones (excluding diaryl/α,β-unsaturated/α-hetero) is 1.